The Labute approximate surface area is 128 Å². The molecule has 1 aromatic carbocycles. The van der Waals surface area contributed by atoms with E-state index >= 15 is 0 Å². The van der Waals surface area contributed by atoms with Gasteiger partial charge in [0.15, 0.2) is 0 Å². The van der Waals surface area contributed by atoms with Gasteiger partial charge in [0, 0.05) is 0 Å². The number of halogens is 2. The molecule has 0 aromatic heterocycles. The second-order valence-corrected chi connectivity index (χ2v) is 7.32. The number of fused-ring (bicyclic) bond motifs is 1. The molecule has 1 saturated carbocycles. The summed E-state index contributed by atoms with van der Waals surface area (Å²) in [5.41, 5.74) is 1.09. The van der Waals surface area contributed by atoms with Crippen molar-refractivity contribution in [3.05, 3.63) is 35.4 Å². The lowest BCUT2D eigenvalue weighted by molar-refractivity contribution is -0.123. The Hall–Kier alpha value is -0.770. The van der Waals surface area contributed by atoms with E-state index in [1.165, 1.54) is 0 Å². The van der Waals surface area contributed by atoms with E-state index in [1.54, 1.807) is 0 Å². The molecule has 3 rings (SSSR count). The average molecular weight is 314 g/mol. The molecule has 0 bridgehead atoms. The summed E-state index contributed by atoms with van der Waals surface area (Å²) in [7, 11) is 0. The minimum absolute atomic E-state index is 0.175. The minimum atomic E-state index is -0.985. The van der Waals surface area contributed by atoms with Crippen molar-refractivity contribution >= 4 is 29.1 Å². The maximum Gasteiger partial charge on any atom is 0.226 e. The van der Waals surface area contributed by atoms with E-state index in [9.17, 15) is 9.90 Å². The van der Waals surface area contributed by atoms with Gasteiger partial charge in [0.2, 0.25) is 5.91 Å². The molecule has 2 N–H and O–H groups in total. The second-order valence-electron chi connectivity index (χ2n) is 5.78. The molecule has 0 heterocycles. The van der Waals surface area contributed by atoms with Crippen LogP contribution in [0.1, 0.15) is 30.4 Å². The molecular weight excluding hydrogens is 297 g/mol. The van der Waals surface area contributed by atoms with Gasteiger partial charge in [0.05, 0.1) is 12.5 Å². The molecule has 3 nitrogen and oxygen atoms in total. The van der Waals surface area contributed by atoms with E-state index in [4.69, 9.17) is 23.2 Å². The molecule has 2 aliphatic rings. The first-order valence-corrected chi connectivity index (χ1v) is 7.64. The van der Waals surface area contributed by atoms with E-state index in [1.807, 2.05) is 24.3 Å². The van der Waals surface area contributed by atoms with Crippen LogP contribution in [0.2, 0.25) is 0 Å². The Kier molecular flexibility index (Phi) is 3.47. The van der Waals surface area contributed by atoms with Crippen LogP contribution in [0.5, 0.6) is 0 Å². The monoisotopic (exact) mass is 313 g/mol. The highest BCUT2D eigenvalue weighted by molar-refractivity contribution is 6.52. The largest absolute Gasteiger partial charge is 0.383 e. The standard InChI is InChI=1S/C15H17Cl2NO2/c16-15(17)8-12(15)13(19)18-9-14(20)7-3-5-10-4-1-2-6-11(10)14/h1-2,4,6,12,20H,3,5,7-9H2,(H,18,19)/t12-,14-/m0/s1. The van der Waals surface area contributed by atoms with Crippen molar-refractivity contribution in [1.82, 2.24) is 5.32 Å². The number of nitrogens with one attached hydrogen (secondary N) is 1. The molecule has 5 heteroatoms. The summed E-state index contributed by atoms with van der Waals surface area (Å²) in [5, 5.41) is 13.6. The van der Waals surface area contributed by atoms with Crippen LogP contribution >= 0.6 is 23.2 Å². The molecule has 2 atom stereocenters. The van der Waals surface area contributed by atoms with Gasteiger partial charge in [-0.2, -0.15) is 0 Å². The number of aliphatic hydroxyl groups is 1. The molecule has 20 heavy (non-hydrogen) atoms. The van der Waals surface area contributed by atoms with Gasteiger partial charge in [0.25, 0.3) is 0 Å². The second kappa shape index (κ2) is 4.90. The molecule has 0 aliphatic heterocycles. The predicted molar refractivity (Wildman–Crippen MR) is 78.8 cm³/mol. The van der Waals surface area contributed by atoms with Gasteiger partial charge in [-0.1, -0.05) is 24.3 Å². The lowest BCUT2D eigenvalue weighted by atomic mass is 9.79. The summed E-state index contributed by atoms with van der Waals surface area (Å²) < 4.78 is -0.919. The van der Waals surface area contributed by atoms with E-state index < -0.39 is 9.93 Å². The van der Waals surface area contributed by atoms with Crippen LogP contribution in [-0.4, -0.2) is 21.9 Å². The Bertz CT molecular complexity index is 546. The fraction of sp³-hybridized carbons (Fsp3) is 0.533. The van der Waals surface area contributed by atoms with Gasteiger partial charge in [-0.3, -0.25) is 4.79 Å². The van der Waals surface area contributed by atoms with Crippen LogP contribution in [-0.2, 0) is 16.8 Å². The van der Waals surface area contributed by atoms with Gasteiger partial charge >= 0.3 is 0 Å². The fourth-order valence-electron chi connectivity index (χ4n) is 2.94. The maximum absolute atomic E-state index is 11.9. The van der Waals surface area contributed by atoms with E-state index in [-0.39, 0.29) is 18.4 Å². The zero-order valence-corrected chi connectivity index (χ0v) is 12.5. The van der Waals surface area contributed by atoms with Crippen LogP contribution in [0.3, 0.4) is 0 Å². The van der Waals surface area contributed by atoms with Gasteiger partial charge in [0.1, 0.15) is 9.93 Å². The number of carbonyl (C=O) groups is 1. The van der Waals surface area contributed by atoms with Crippen molar-refractivity contribution in [2.75, 3.05) is 6.54 Å². The van der Waals surface area contributed by atoms with E-state index in [0.29, 0.717) is 12.8 Å². The van der Waals surface area contributed by atoms with Gasteiger partial charge < -0.3 is 10.4 Å². The van der Waals surface area contributed by atoms with Crippen molar-refractivity contribution < 1.29 is 9.90 Å². The van der Waals surface area contributed by atoms with Crippen molar-refractivity contribution in [1.29, 1.82) is 0 Å². The quantitative estimate of drug-likeness (QED) is 0.842. The summed E-state index contributed by atoms with van der Waals surface area (Å²) >= 11 is 11.8. The summed E-state index contributed by atoms with van der Waals surface area (Å²) in [6.45, 7) is 0.212. The lowest BCUT2D eigenvalue weighted by Crippen LogP contribution is -2.43. The van der Waals surface area contributed by atoms with Crippen LogP contribution in [0, 0.1) is 5.92 Å². The Balaban J connectivity index is 1.70. The molecule has 1 amide bonds. The van der Waals surface area contributed by atoms with Crippen molar-refractivity contribution in [2.24, 2.45) is 5.92 Å². The molecule has 1 fully saturated rings. The number of alkyl halides is 2. The normalized spacial score (nSPS) is 30.4. The SMILES string of the molecule is O=C(NC[C@@]1(O)CCCc2ccccc21)[C@@H]1CC1(Cl)Cl. The Morgan fingerprint density at radius 2 is 2.10 bits per heavy atom. The number of hydrogen-bond donors (Lipinski definition) is 2. The van der Waals surface area contributed by atoms with Gasteiger partial charge in [-0.25, -0.2) is 0 Å². The van der Waals surface area contributed by atoms with Crippen molar-refractivity contribution in [2.45, 2.75) is 35.6 Å². The summed E-state index contributed by atoms with van der Waals surface area (Å²) in [4.78, 5) is 11.9. The number of rotatable bonds is 3. The zero-order valence-electron chi connectivity index (χ0n) is 11.0. The molecule has 0 spiro atoms. The van der Waals surface area contributed by atoms with Crippen molar-refractivity contribution in [3.8, 4) is 0 Å². The third-order valence-electron chi connectivity index (χ3n) is 4.25. The maximum atomic E-state index is 11.9. The number of benzene rings is 1. The number of hydrogen-bond acceptors (Lipinski definition) is 2. The molecule has 108 valence electrons. The van der Waals surface area contributed by atoms with Crippen LogP contribution < -0.4 is 5.32 Å². The highest BCUT2D eigenvalue weighted by atomic mass is 35.5. The lowest BCUT2D eigenvalue weighted by Gasteiger charge is -2.34. The third-order valence-corrected chi connectivity index (χ3v) is 5.09. The zero-order chi connectivity index (χ0) is 14.4. The van der Waals surface area contributed by atoms with Crippen LogP contribution in [0.15, 0.2) is 24.3 Å². The van der Waals surface area contributed by atoms with E-state index in [2.05, 4.69) is 5.32 Å². The number of aryl methyl sites for hydroxylation is 1. The summed E-state index contributed by atoms with van der Waals surface area (Å²) in [6.07, 6.45) is 3.03. The number of amides is 1. The fourth-order valence-corrected chi connectivity index (χ4v) is 3.44. The Morgan fingerprint density at radius 1 is 1.40 bits per heavy atom. The first kappa shape index (κ1) is 14.2. The molecular formula is C15H17Cl2NO2. The summed E-state index contributed by atoms with van der Waals surface area (Å²) in [5.74, 6) is -0.528. The predicted octanol–water partition coefficient (Wildman–Crippen LogP) is 2.52. The highest BCUT2D eigenvalue weighted by Crippen LogP contribution is 2.53. The molecule has 0 radical (unpaired) electrons. The first-order valence-electron chi connectivity index (χ1n) is 6.89. The van der Waals surface area contributed by atoms with Gasteiger partial charge in [-0.15, -0.1) is 23.2 Å². The smallest absolute Gasteiger partial charge is 0.226 e. The Morgan fingerprint density at radius 3 is 2.80 bits per heavy atom. The van der Waals surface area contributed by atoms with Crippen molar-refractivity contribution in [3.63, 3.8) is 0 Å². The first-order chi connectivity index (χ1) is 9.42. The van der Waals surface area contributed by atoms with Crippen LogP contribution in [0.4, 0.5) is 0 Å². The van der Waals surface area contributed by atoms with Crippen LogP contribution in [0.25, 0.3) is 0 Å². The molecule has 1 aromatic rings. The summed E-state index contributed by atoms with van der Waals surface area (Å²) in [6, 6.07) is 7.86. The highest BCUT2D eigenvalue weighted by Gasteiger charge is 2.56. The number of carbonyl (C=O) groups excluding carboxylic acids is 1. The topological polar surface area (TPSA) is 49.3 Å². The molecule has 0 saturated heterocycles. The minimum Gasteiger partial charge on any atom is -0.383 e. The molecule has 0 unspecified atom stereocenters. The third kappa shape index (κ3) is 2.54. The molecule has 2 aliphatic carbocycles. The van der Waals surface area contributed by atoms with E-state index in [0.717, 1.165) is 24.0 Å². The average Bonchev–Trinajstić information content (AvgIpc) is 3.06. The van der Waals surface area contributed by atoms with Gasteiger partial charge in [-0.05, 0) is 36.8 Å².